The quantitative estimate of drug-likeness (QED) is 0.685. The molecule has 1 atom stereocenters. The number of nitrogens with two attached hydrogens (primary N) is 1. The molecule has 1 aliphatic heterocycles. The van der Waals surface area contributed by atoms with Gasteiger partial charge >= 0.3 is 0 Å². The van der Waals surface area contributed by atoms with Crippen LogP contribution in [-0.2, 0) is 26.2 Å². The fraction of sp³-hybridized carbons (Fsp3) is 0.417. The Bertz CT molecular complexity index is 674. The summed E-state index contributed by atoms with van der Waals surface area (Å²) in [6.45, 7) is -0.0336. The maximum atomic E-state index is 12.4. The van der Waals surface area contributed by atoms with Crippen LogP contribution >= 0.6 is 0 Å². The maximum Gasteiger partial charge on any atom is 0.247 e. The molecule has 8 nitrogen and oxygen atoms in total. The third-order valence-corrected chi connectivity index (χ3v) is 4.82. The molecule has 1 unspecified atom stereocenters. The van der Waals surface area contributed by atoms with Crippen molar-refractivity contribution >= 4 is 21.8 Å². The molecule has 1 aromatic heterocycles. The molecule has 0 aliphatic carbocycles. The zero-order valence-electron chi connectivity index (χ0n) is 11.4. The average Bonchev–Trinajstić information content (AvgIpc) is 2.48. The van der Waals surface area contributed by atoms with Crippen LogP contribution in [0.25, 0.3) is 0 Å². The molecule has 2 heterocycles. The summed E-state index contributed by atoms with van der Waals surface area (Å²) in [5.41, 5.74) is 5.69. The number of sulfonamides is 1. The number of aromatic nitrogens is 1. The van der Waals surface area contributed by atoms with Gasteiger partial charge in [-0.15, -0.1) is 0 Å². The molecule has 0 bridgehead atoms. The van der Waals surface area contributed by atoms with Gasteiger partial charge in [-0.1, -0.05) is 0 Å². The number of hydrogen-bond donors (Lipinski definition) is 2. The van der Waals surface area contributed by atoms with Gasteiger partial charge in [0.25, 0.3) is 0 Å². The van der Waals surface area contributed by atoms with Crippen LogP contribution in [0.5, 0.6) is 0 Å². The summed E-state index contributed by atoms with van der Waals surface area (Å²) in [5.74, 6) is -0.882. The summed E-state index contributed by atoms with van der Waals surface area (Å²) in [4.78, 5) is 28.1. The Labute approximate surface area is 122 Å². The number of carbonyl (C=O) groups excluding carboxylic acids is 2. The number of rotatable bonds is 4. The summed E-state index contributed by atoms with van der Waals surface area (Å²) in [6, 6.07) is 1.90. The van der Waals surface area contributed by atoms with Crippen molar-refractivity contribution < 1.29 is 18.0 Å². The van der Waals surface area contributed by atoms with Crippen molar-refractivity contribution in [2.75, 3.05) is 7.05 Å². The third kappa shape index (κ3) is 3.09. The highest BCUT2D eigenvalue weighted by Crippen LogP contribution is 2.17. The molecule has 1 aliphatic rings. The predicted molar refractivity (Wildman–Crippen MR) is 73.2 cm³/mol. The summed E-state index contributed by atoms with van der Waals surface area (Å²) in [7, 11) is -2.59. The Balaban J connectivity index is 2.26. The first-order valence-corrected chi connectivity index (χ1v) is 7.82. The van der Waals surface area contributed by atoms with Crippen molar-refractivity contribution in [1.82, 2.24) is 14.6 Å². The lowest BCUT2D eigenvalue weighted by Crippen LogP contribution is -2.52. The normalized spacial score (nSPS) is 19.9. The summed E-state index contributed by atoms with van der Waals surface area (Å²) >= 11 is 0. The fourth-order valence-electron chi connectivity index (χ4n) is 2.10. The van der Waals surface area contributed by atoms with Crippen molar-refractivity contribution in [3.05, 3.63) is 24.0 Å². The second-order valence-corrected chi connectivity index (χ2v) is 6.34. The van der Waals surface area contributed by atoms with Crippen molar-refractivity contribution in [2.24, 2.45) is 5.73 Å². The van der Waals surface area contributed by atoms with Crippen LogP contribution in [0.2, 0.25) is 0 Å². The standard InChI is InChI=1S/C12H16N4O4S/c1-16-11(17)5-4-8(12(16)18)15-21(19,20)10-3-2-6-14-9(10)7-13/h2-3,6,8,15H,4-5,7,13H2,1H3. The molecule has 114 valence electrons. The number of likely N-dealkylation sites (N-methyl/N-ethyl adjacent to an activating group) is 1. The molecule has 1 saturated heterocycles. The predicted octanol–water partition coefficient (Wildman–Crippen LogP) is -1.03. The van der Waals surface area contributed by atoms with Crippen molar-refractivity contribution in [2.45, 2.75) is 30.3 Å². The topological polar surface area (TPSA) is 122 Å². The van der Waals surface area contributed by atoms with E-state index in [4.69, 9.17) is 5.73 Å². The van der Waals surface area contributed by atoms with E-state index >= 15 is 0 Å². The molecule has 0 spiro atoms. The summed E-state index contributed by atoms with van der Waals surface area (Å²) in [5, 5.41) is 0. The van der Waals surface area contributed by atoms with Crippen molar-refractivity contribution in [1.29, 1.82) is 0 Å². The van der Waals surface area contributed by atoms with Gasteiger partial charge in [-0.3, -0.25) is 19.5 Å². The Kier molecular flexibility index (Phi) is 4.35. The van der Waals surface area contributed by atoms with E-state index in [0.717, 1.165) is 4.90 Å². The number of piperidine rings is 1. The molecule has 21 heavy (non-hydrogen) atoms. The molecule has 0 aromatic carbocycles. The SMILES string of the molecule is CN1C(=O)CCC(NS(=O)(=O)c2cccnc2CN)C1=O. The van der Waals surface area contributed by atoms with Gasteiger partial charge in [0.1, 0.15) is 10.9 Å². The molecular formula is C12H16N4O4S. The lowest BCUT2D eigenvalue weighted by atomic mass is 10.1. The minimum atomic E-state index is -3.93. The summed E-state index contributed by atoms with van der Waals surface area (Å²) < 4.78 is 27.0. The third-order valence-electron chi connectivity index (χ3n) is 3.28. The molecule has 0 saturated carbocycles. The van der Waals surface area contributed by atoms with Gasteiger partial charge in [-0.2, -0.15) is 4.72 Å². The molecule has 1 aromatic rings. The van der Waals surface area contributed by atoms with Crippen molar-refractivity contribution in [3.8, 4) is 0 Å². The molecule has 3 N–H and O–H groups in total. The van der Waals surface area contributed by atoms with E-state index in [1.807, 2.05) is 0 Å². The lowest BCUT2D eigenvalue weighted by molar-refractivity contribution is -0.147. The van der Waals surface area contributed by atoms with Gasteiger partial charge in [-0.05, 0) is 18.6 Å². The molecule has 9 heteroatoms. The molecule has 2 rings (SSSR count). The summed E-state index contributed by atoms with van der Waals surface area (Å²) in [6.07, 6.45) is 1.70. The van der Waals surface area contributed by atoms with Gasteiger partial charge < -0.3 is 5.73 Å². The number of amides is 2. The number of carbonyl (C=O) groups is 2. The van der Waals surface area contributed by atoms with E-state index < -0.39 is 22.0 Å². The van der Waals surface area contributed by atoms with Crippen LogP contribution in [0.1, 0.15) is 18.5 Å². The Morgan fingerprint density at radius 2 is 2.19 bits per heavy atom. The first-order chi connectivity index (χ1) is 9.86. The van der Waals surface area contributed by atoms with Crippen LogP contribution in [0.4, 0.5) is 0 Å². The highest BCUT2D eigenvalue weighted by molar-refractivity contribution is 7.89. The smallest absolute Gasteiger partial charge is 0.247 e. The second kappa shape index (κ2) is 5.88. The minimum Gasteiger partial charge on any atom is -0.325 e. The molecule has 1 fully saturated rings. The number of hydrogen-bond acceptors (Lipinski definition) is 6. The highest BCUT2D eigenvalue weighted by atomic mass is 32.2. The lowest BCUT2D eigenvalue weighted by Gasteiger charge is -2.28. The van der Waals surface area contributed by atoms with Gasteiger partial charge in [0.15, 0.2) is 0 Å². The first kappa shape index (κ1) is 15.5. The fourth-order valence-corrected chi connectivity index (χ4v) is 3.52. The average molecular weight is 312 g/mol. The zero-order valence-corrected chi connectivity index (χ0v) is 12.3. The molecule has 2 amide bonds. The van der Waals surface area contributed by atoms with Crippen LogP contribution in [0.3, 0.4) is 0 Å². The van der Waals surface area contributed by atoms with Crippen LogP contribution in [-0.4, -0.2) is 43.2 Å². The van der Waals surface area contributed by atoms with E-state index in [0.29, 0.717) is 0 Å². The van der Waals surface area contributed by atoms with Crippen LogP contribution in [0.15, 0.2) is 23.2 Å². The van der Waals surface area contributed by atoms with Crippen LogP contribution < -0.4 is 10.5 Å². The van der Waals surface area contributed by atoms with Crippen LogP contribution in [0, 0.1) is 0 Å². The number of likely N-dealkylation sites (tertiary alicyclic amines) is 1. The van der Waals surface area contributed by atoms with Crippen molar-refractivity contribution in [3.63, 3.8) is 0 Å². The van der Waals surface area contributed by atoms with Gasteiger partial charge in [0.05, 0.1) is 5.69 Å². The Morgan fingerprint density at radius 1 is 1.48 bits per heavy atom. The zero-order chi connectivity index (χ0) is 15.6. The number of nitrogens with one attached hydrogen (secondary N) is 1. The Morgan fingerprint density at radius 3 is 2.86 bits per heavy atom. The monoisotopic (exact) mass is 312 g/mol. The first-order valence-electron chi connectivity index (χ1n) is 6.33. The molecular weight excluding hydrogens is 296 g/mol. The minimum absolute atomic E-state index is 0.0336. The maximum absolute atomic E-state index is 12.4. The number of nitrogens with zero attached hydrogens (tertiary/aromatic N) is 2. The van der Waals surface area contributed by atoms with E-state index in [2.05, 4.69) is 9.71 Å². The van der Waals surface area contributed by atoms with Gasteiger partial charge in [-0.25, -0.2) is 8.42 Å². The van der Waals surface area contributed by atoms with E-state index in [1.165, 1.54) is 25.4 Å². The van der Waals surface area contributed by atoms with E-state index in [9.17, 15) is 18.0 Å². The number of pyridine rings is 1. The Hall–Kier alpha value is -1.84. The second-order valence-electron chi connectivity index (χ2n) is 4.66. The number of imide groups is 1. The van der Waals surface area contributed by atoms with E-state index in [1.54, 1.807) is 0 Å². The van der Waals surface area contributed by atoms with Gasteiger partial charge in [0.2, 0.25) is 21.8 Å². The highest BCUT2D eigenvalue weighted by Gasteiger charge is 2.35. The largest absolute Gasteiger partial charge is 0.325 e. The van der Waals surface area contributed by atoms with E-state index in [-0.39, 0.29) is 35.9 Å². The van der Waals surface area contributed by atoms with Gasteiger partial charge in [0, 0.05) is 26.2 Å². The molecule has 0 radical (unpaired) electrons.